The first-order valence-corrected chi connectivity index (χ1v) is 13.7. The van der Waals surface area contributed by atoms with Gasteiger partial charge in [0.15, 0.2) is 0 Å². The van der Waals surface area contributed by atoms with Crippen LogP contribution in [0.1, 0.15) is 31.6 Å². The van der Waals surface area contributed by atoms with Crippen LogP contribution in [0.5, 0.6) is 0 Å². The van der Waals surface area contributed by atoms with Crippen LogP contribution in [0.4, 0.5) is 0 Å². The normalized spacial score (nSPS) is 12.6. The maximum atomic E-state index is 13.9. The molecule has 188 valence electrons. The number of hydrogen-bond acceptors (Lipinski definition) is 4. The topological polar surface area (TPSA) is 70.8 Å². The minimum atomic E-state index is -3.93. The number of furan rings is 1. The molecule has 1 unspecified atom stereocenters. The number of benzene rings is 3. The fraction of sp³-hybridized carbons (Fsp3) is 0.276. The molecule has 0 fully saturated rings. The summed E-state index contributed by atoms with van der Waals surface area (Å²) in [7, 11) is -3.93. The largest absolute Gasteiger partial charge is 0.467 e. The quantitative estimate of drug-likeness (QED) is 0.271. The third kappa shape index (κ3) is 5.86. The van der Waals surface area contributed by atoms with Gasteiger partial charge in [0.1, 0.15) is 5.76 Å². The molecule has 0 N–H and O–H groups in total. The average Bonchev–Trinajstić information content (AvgIpc) is 3.42. The van der Waals surface area contributed by atoms with Crippen molar-refractivity contribution in [3.63, 3.8) is 0 Å². The van der Waals surface area contributed by atoms with Crippen LogP contribution in [0.2, 0.25) is 0 Å². The summed E-state index contributed by atoms with van der Waals surface area (Å²) in [6.07, 6.45) is 2.82. The lowest BCUT2D eigenvalue weighted by atomic mass is 10.1. The van der Waals surface area contributed by atoms with Gasteiger partial charge in [0, 0.05) is 18.0 Å². The first-order chi connectivity index (χ1) is 17.4. The molecule has 1 amide bonds. The highest BCUT2D eigenvalue weighted by Crippen LogP contribution is 2.27. The van der Waals surface area contributed by atoms with E-state index in [1.54, 1.807) is 29.4 Å². The van der Waals surface area contributed by atoms with Crippen LogP contribution in [0.15, 0.2) is 101 Å². The Labute approximate surface area is 213 Å². The predicted octanol–water partition coefficient (Wildman–Crippen LogP) is 5.49. The van der Waals surface area contributed by atoms with E-state index >= 15 is 0 Å². The van der Waals surface area contributed by atoms with Gasteiger partial charge >= 0.3 is 0 Å². The van der Waals surface area contributed by atoms with Gasteiger partial charge in [-0.25, -0.2) is 8.42 Å². The highest BCUT2D eigenvalue weighted by molar-refractivity contribution is 7.89. The standard InChI is InChI=1S/C29H32N2O4S/c1-3-23(2)31(36(33,34)28-17-9-14-25-13-7-8-16-27(25)28)22-29(32)30(21-26-15-10-20-35-26)19-18-24-11-5-4-6-12-24/h4-17,20,23H,3,18-19,21-22H2,1-2H3. The van der Waals surface area contributed by atoms with Crippen molar-refractivity contribution in [3.8, 4) is 0 Å². The highest BCUT2D eigenvalue weighted by atomic mass is 32.2. The second kappa shape index (κ2) is 11.5. The van der Waals surface area contributed by atoms with Crippen molar-refractivity contribution in [1.82, 2.24) is 9.21 Å². The van der Waals surface area contributed by atoms with Gasteiger partial charge in [0.2, 0.25) is 15.9 Å². The Morgan fingerprint density at radius 2 is 1.64 bits per heavy atom. The third-order valence-electron chi connectivity index (χ3n) is 6.50. The molecule has 0 radical (unpaired) electrons. The maximum Gasteiger partial charge on any atom is 0.244 e. The molecule has 4 aromatic rings. The number of amides is 1. The second-order valence-corrected chi connectivity index (χ2v) is 10.8. The SMILES string of the molecule is CCC(C)N(CC(=O)N(CCc1ccccc1)Cc1ccco1)S(=O)(=O)c1cccc2ccccc12. The van der Waals surface area contributed by atoms with E-state index in [1.807, 2.05) is 80.6 Å². The van der Waals surface area contributed by atoms with E-state index in [1.165, 1.54) is 4.31 Å². The molecule has 0 aliphatic heterocycles. The van der Waals surface area contributed by atoms with Gasteiger partial charge in [-0.3, -0.25) is 4.79 Å². The molecule has 7 heteroatoms. The van der Waals surface area contributed by atoms with Crippen LogP contribution < -0.4 is 0 Å². The van der Waals surface area contributed by atoms with Crippen LogP contribution in [0, 0.1) is 0 Å². The molecule has 0 aliphatic carbocycles. The Kier molecular flexibility index (Phi) is 8.23. The summed E-state index contributed by atoms with van der Waals surface area (Å²) in [5.74, 6) is 0.398. The second-order valence-electron chi connectivity index (χ2n) is 8.92. The maximum absolute atomic E-state index is 13.9. The number of nitrogens with zero attached hydrogens (tertiary/aromatic N) is 2. The summed E-state index contributed by atoms with van der Waals surface area (Å²) in [4.78, 5) is 15.5. The number of sulfonamides is 1. The summed E-state index contributed by atoms with van der Waals surface area (Å²) in [5.41, 5.74) is 1.11. The number of fused-ring (bicyclic) bond motifs is 1. The monoisotopic (exact) mass is 504 g/mol. The van der Waals surface area contributed by atoms with Crippen molar-refractivity contribution in [2.45, 2.75) is 44.2 Å². The molecule has 0 saturated heterocycles. The molecule has 6 nitrogen and oxygen atoms in total. The van der Waals surface area contributed by atoms with Crippen LogP contribution in [-0.2, 0) is 27.8 Å². The first kappa shape index (κ1) is 25.7. The molecule has 0 saturated carbocycles. The minimum absolute atomic E-state index is 0.218. The van der Waals surface area contributed by atoms with Crippen molar-refractivity contribution in [2.75, 3.05) is 13.1 Å². The summed E-state index contributed by atoms with van der Waals surface area (Å²) in [5, 5.41) is 1.49. The molecule has 3 aromatic carbocycles. The van der Waals surface area contributed by atoms with Gasteiger partial charge < -0.3 is 9.32 Å². The number of carbonyl (C=O) groups is 1. The van der Waals surface area contributed by atoms with Gasteiger partial charge in [0.05, 0.1) is 24.2 Å². The van der Waals surface area contributed by atoms with Gasteiger partial charge in [0.25, 0.3) is 0 Å². The van der Waals surface area contributed by atoms with Gasteiger partial charge in [-0.2, -0.15) is 4.31 Å². The Morgan fingerprint density at radius 3 is 2.36 bits per heavy atom. The van der Waals surface area contributed by atoms with Crippen LogP contribution in [-0.4, -0.2) is 42.7 Å². The van der Waals surface area contributed by atoms with E-state index in [0.717, 1.165) is 10.9 Å². The van der Waals surface area contributed by atoms with Crippen LogP contribution >= 0.6 is 0 Å². The molecule has 0 aliphatic rings. The predicted molar refractivity (Wildman–Crippen MR) is 142 cm³/mol. The smallest absolute Gasteiger partial charge is 0.244 e. The first-order valence-electron chi connectivity index (χ1n) is 12.2. The molecule has 1 heterocycles. The van der Waals surface area contributed by atoms with E-state index < -0.39 is 10.0 Å². The minimum Gasteiger partial charge on any atom is -0.467 e. The lowest BCUT2D eigenvalue weighted by Gasteiger charge is -2.30. The van der Waals surface area contributed by atoms with E-state index in [4.69, 9.17) is 4.42 Å². The van der Waals surface area contributed by atoms with Gasteiger partial charge in [-0.05, 0) is 48.9 Å². The Morgan fingerprint density at radius 1 is 0.917 bits per heavy atom. The summed E-state index contributed by atoms with van der Waals surface area (Å²) >= 11 is 0. The van der Waals surface area contributed by atoms with E-state index in [2.05, 4.69) is 0 Å². The van der Waals surface area contributed by atoms with Crippen molar-refractivity contribution in [3.05, 3.63) is 103 Å². The number of rotatable bonds is 11. The molecule has 4 rings (SSSR count). The van der Waals surface area contributed by atoms with Gasteiger partial charge in [-0.15, -0.1) is 0 Å². The third-order valence-corrected chi connectivity index (χ3v) is 8.52. The zero-order valence-electron chi connectivity index (χ0n) is 20.7. The zero-order valence-corrected chi connectivity index (χ0v) is 21.5. The Bertz CT molecular complexity index is 1380. The molecular weight excluding hydrogens is 472 g/mol. The van der Waals surface area contributed by atoms with Crippen molar-refractivity contribution in [2.24, 2.45) is 0 Å². The van der Waals surface area contributed by atoms with E-state index in [9.17, 15) is 13.2 Å². The summed E-state index contributed by atoms with van der Waals surface area (Å²) < 4.78 is 34.7. The van der Waals surface area contributed by atoms with Crippen molar-refractivity contribution in [1.29, 1.82) is 0 Å². The zero-order chi connectivity index (χ0) is 25.5. The number of hydrogen-bond donors (Lipinski definition) is 0. The van der Waals surface area contributed by atoms with Gasteiger partial charge in [-0.1, -0.05) is 73.7 Å². The fourth-order valence-electron chi connectivity index (χ4n) is 4.25. The van der Waals surface area contributed by atoms with Crippen molar-refractivity contribution < 1.29 is 17.6 Å². The molecule has 1 atom stereocenters. The van der Waals surface area contributed by atoms with Crippen LogP contribution in [0.25, 0.3) is 10.8 Å². The molecule has 0 spiro atoms. The molecular formula is C29H32N2O4S. The lowest BCUT2D eigenvalue weighted by Crippen LogP contribution is -2.46. The molecule has 36 heavy (non-hydrogen) atoms. The van der Waals surface area contributed by atoms with E-state index in [0.29, 0.717) is 30.5 Å². The van der Waals surface area contributed by atoms with Crippen LogP contribution in [0.3, 0.4) is 0 Å². The Hall–Kier alpha value is -3.42. The highest BCUT2D eigenvalue weighted by Gasteiger charge is 2.33. The summed E-state index contributed by atoms with van der Waals surface area (Å²) in [6.45, 7) is 4.26. The Balaban J connectivity index is 1.62. The lowest BCUT2D eigenvalue weighted by molar-refractivity contribution is -0.132. The molecule has 0 bridgehead atoms. The van der Waals surface area contributed by atoms with E-state index in [-0.39, 0.29) is 29.9 Å². The summed E-state index contributed by atoms with van der Waals surface area (Å²) in [6, 6.07) is 25.8. The van der Waals surface area contributed by atoms with Crippen molar-refractivity contribution >= 4 is 26.7 Å². The fourth-order valence-corrected chi connectivity index (χ4v) is 6.12. The number of carbonyl (C=O) groups excluding carboxylic acids is 1. The average molecular weight is 505 g/mol. The molecule has 1 aromatic heterocycles.